The SMILES string of the molecule is C(=C1\c2ccccc2CCc2sccc21)/c1ccccc1. The van der Waals surface area contributed by atoms with Gasteiger partial charge in [0.15, 0.2) is 0 Å². The molecule has 0 radical (unpaired) electrons. The van der Waals surface area contributed by atoms with Gasteiger partial charge in [0, 0.05) is 4.88 Å². The zero-order valence-corrected chi connectivity index (χ0v) is 12.6. The van der Waals surface area contributed by atoms with Crippen LogP contribution < -0.4 is 0 Å². The van der Waals surface area contributed by atoms with Crippen molar-refractivity contribution >= 4 is 23.0 Å². The number of fused-ring (bicyclic) bond motifs is 2. The van der Waals surface area contributed by atoms with Crippen LogP contribution in [0.15, 0.2) is 66.0 Å². The predicted octanol–water partition coefficient (Wildman–Crippen LogP) is 5.44. The molecule has 0 fully saturated rings. The van der Waals surface area contributed by atoms with Crippen LogP contribution in [-0.2, 0) is 12.8 Å². The van der Waals surface area contributed by atoms with Crippen molar-refractivity contribution in [2.45, 2.75) is 12.8 Å². The molecular formula is C20H16S. The number of hydrogen-bond donors (Lipinski definition) is 0. The second kappa shape index (κ2) is 5.34. The molecule has 1 aliphatic rings. The summed E-state index contributed by atoms with van der Waals surface area (Å²) >= 11 is 1.88. The van der Waals surface area contributed by atoms with Crippen LogP contribution in [0.25, 0.3) is 11.6 Å². The van der Waals surface area contributed by atoms with Gasteiger partial charge in [-0.2, -0.15) is 0 Å². The average Bonchev–Trinajstić information content (AvgIpc) is 2.95. The standard InChI is InChI=1S/C20H16S/c1-2-6-15(7-3-1)14-19-17-9-5-4-8-16(17)10-11-20-18(19)12-13-21-20/h1-9,12-14H,10-11H2/b19-14-. The highest BCUT2D eigenvalue weighted by Gasteiger charge is 2.18. The molecule has 0 nitrogen and oxygen atoms in total. The molecule has 102 valence electrons. The maximum Gasteiger partial charge on any atom is 0.0127 e. The van der Waals surface area contributed by atoms with Gasteiger partial charge in [-0.05, 0) is 58.2 Å². The first-order chi connectivity index (χ1) is 10.4. The Kier molecular flexibility index (Phi) is 3.21. The average molecular weight is 288 g/mol. The first kappa shape index (κ1) is 12.6. The maximum atomic E-state index is 2.33. The third-order valence-electron chi connectivity index (χ3n) is 4.08. The van der Waals surface area contributed by atoms with E-state index >= 15 is 0 Å². The predicted molar refractivity (Wildman–Crippen MR) is 91.6 cm³/mol. The molecule has 1 aromatic heterocycles. The van der Waals surface area contributed by atoms with E-state index in [9.17, 15) is 0 Å². The van der Waals surface area contributed by atoms with Crippen LogP contribution in [0.4, 0.5) is 0 Å². The molecule has 0 amide bonds. The molecule has 1 aliphatic carbocycles. The van der Waals surface area contributed by atoms with Gasteiger partial charge in [0.25, 0.3) is 0 Å². The van der Waals surface area contributed by atoms with Crippen LogP contribution in [0.1, 0.15) is 27.1 Å². The molecule has 21 heavy (non-hydrogen) atoms. The Balaban J connectivity index is 1.96. The van der Waals surface area contributed by atoms with Crippen LogP contribution >= 0.6 is 11.3 Å². The molecule has 0 saturated heterocycles. The van der Waals surface area contributed by atoms with Crippen LogP contribution in [0.2, 0.25) is 0 Å². The van der Waals surface area contributed by atoms with Crippen molar-refractivity contribution < 1.29 is 0 Å². The summed E-state index contributed by atoms with van der Waals surface area (Å²) in [6.45, 7) is 0. The number of hydrogen-bond acceptors (Lipinski definition) is 1. The number of thiophene rings is 1. The minimum atomic E-state index is 1.13. The Morgan fingerprint density at radius 3 is 2.48 bits per heavy atom. The highest BCUT2D eigenvalue weighted by Crippen LogP contribution is 2.37. The minimum absolute atomic E-state index is 1.13. The summed E-state index contributed by atoms with van der Waals surface area (Å²) in [7, 11) is 0. The molecule has 1 heteroatoms. The lowest BCUT2D eigenvalue weighted by Crippen LogP contribution is -1.91. The van der Waals surface area contributed by atoms with E-state index in [1.54, 1.807) is 0 Å². The highest BCUT2D eigenvalue weighted by atomic mass is 32.1. The zero-order chi connectivity index (χ0) is 14.1. The lowest BCUT2D eigenvalue weighted by molar-refractivity contribution is 0.985. The lowest BCUT2D eigenvalue weighted by atomic mass is 9.94. The van der Waals surface area contributed by atoms with E-state index in [0.29, 0.717) is 0 Å². The summed E-state index contributed by atoms with van der Waals surface area (Å²) in [5.41, 5.74) is 6.89. The lowest BCUT2D eigenvalue weighted by Gasteiger charge is -2.10. The van der Waals surface area contributed by atoms with Gasteiger partial charge in [0.1, 0.15) is 0 Å². The summed E-state index contributed by atoms with van der Waals surface area (Å²) in [5, 5.41) is 2.22. The van der Waals surface area contributed by atoms with Gasteiger partial charge in [0.05, 0.1) is 0 Å². The summed E-state index contributed by atoms with van der Waals surface area (Å²) in [6, 6.07) is 21.7. The first-order valence-electron chi connectivity index (χ1n) is 7.33. The topological polar surface area (TPSA) is 0 Å². The molecule has 2 aromatic carbocycles. The molecule has 0 aliphatic heterocycles. The third kappa shape index (κ3) is 2.34. The largest absolute Gasteiger partial charge is 0.148 e. The molecule has 1 heterocycles. The van der Waals surface area contributed by atoms with Crippen molar-refractivity contribution in [3.8, 4) is 0 Å². The molecule has 0 bridgehead atoms. The quantitative estimate of drug-likeness (QED) is 0.559. The van der Waals surface area contributed by atoms with Crippen LogP contribution in [0, 0.1) is 0 Å². The van der Waals surface area contributed by atoms with Crippen molar-refractivity contribution in [1.82, 2.24) is 0 Å². The van der Waals surface area contributed by atoms with Gasteiger partial charge < -0.3 is 0 Å². The van der Waals surface area contributed by atoms with Gasteiger partial charge in [-0.1, -0.05) is 54.6 Å². The summed E-state index contributed by atoms with van der Waals surface area (Å²) in [5.74, 6) is 0. The van der Waals surface area contributed by atoms with E-state index in [1.807, 2.05) is 11.3 Å². The zero-order valence-electron chi connectivity index (χ0n) is 11.8. The fourth-order valence-corrected chi connectivity index (χ4v) is 3.93. The minimum Gasteiger partial charge on any atom is -0.148 e. The molecule has 0 unspecified atom stereocenters. The van der Waals surface area contributed by atoms with Crippen LogP contribution in [0.3, 0.4) is 0 Å². The van der Waals surface area contributed by atoms with Crippen molar-refractivity contribution in [1.29, 1.82) is 0 Å². The third-order valence-corrected chi connectivity index (χ3v) is 5.06. The van der Waals surface area contributed by atoms with E-state index in [-0.39, 0.29) is 0 Å². The molecule has 0 saturated carbocycles. The van der Waals surface area contributed by atoms with Gasteiger partial charge in [-0.25, -0.2) is 0 Å². The first-order valence-corrected chi connectivity index (χ1v) is 8.21. The molecule has 0 spiro atoms. The second-order valence-corrected chi connectivity index (χ2v) is 6.38. The fraction of sp³-hybridized carbons (Fsp3) is 0.100. The van der Waals surface area contributed by atoms with Gasteiger partial charge >= 0.3 is 0 Å². The van der Waals surface area contributed by atoms with E-state index in [4.69, 9.17) is 0 Å². The van der Waals surface area contributed by atoms with Crippen molar-refractivity contribution in [2.75, 3.05) is 0 Å². The molecule has 4 rings (SSSR count). The van der Waals surface area contributed by atoms with Crippen molar-refractivity contribution in [2.24, 2.45) is 0 Å². The Bertz CT molecular complexity index is 793. The smallest absolute Gasteiger partial charge is 0.0127 e. The molecule has 3 aromatic rings. The Hall–Kier alpha value is -2.12. The Morgan fingerprint density at radius 1 is 0.762 bits per heavy atom. The number of rotatable bonds is 1. The normalized spacial score (nSPS) is 15.3. The number of aryl methyl sites for hydroxylation is 2. The molecule has 0 atom stereocenters. The van der Waals surface area contributed by atoms with E-state index in [0.717, 1.165) is 12.8 Å². The Labute approximate surface area is 129 Å². The van der Waals surface area contributed by atoms with Gasteiger partial charge in [-0.15, -0.1) is 11.3 Å². The van der Waals surface area contributed by atoms with Crippen LogP contribution in [0.5, 0.6) is 0 Å². The fourth-order valence-electron chi connectivity index (χ4n) is 3.04. The summed E-state index contributed by atoms with van der Waals surface area (Å²) in [4.78, 5) is 1.51. The van der Waals surface area contributed by atoms with Gasteiger partial charge in [0.2, 0.25) is 0 Å². The van der Waals surface area contributed by atoms with Crippen LogP contribution in [-0.4, -0.2) is 0 Å². The molecule has 0 N–H and O–H groups in total. The van der Waals surface area contributed by atoms with E-state index < -0.39 is 0 Å². The highest BCUT2D eigenvalue weighted by molar-refractivity contribution is 7.10. The summed E-state index contributed by atoms with van der Waals surface area (Å²) < 4.78 is 0. The van der Waals surface area contributed by atoms with E-state index in [1.165, 1.54) is 32.7 Å². The Morgan fingerprint density at radius 2 is 1.57 bits per heavy atom. The van der Waals surface area contributed by atoms with Crippen molar-refractivity contribution in [3.63, 3.8) is 0 Å². The number of benzene rings is 2. The molecular weight excluding hydrogens is 272 g/mol. The summed E-state index contributed by atoms with van der Waals surface area (Å²) in [6.07, 6.45) is 4.61. The van der Waals surface area contributed by atoms with E-state index in [2.05, 4.69) is 72.1 Å². The second-order valence-electron chi connectivity index (χ2n) is 5.38. The van der Waals surface area contributed by atoms with Gasteiger partial charge in [-0.3, -0.25) is 0 Å². The maximum absolute atomic E-state index is 2.33. The van der Waals surface area contributed by atoms with Crippen molar-refractivity contribution in [3.05, 3.63) is 93.2 Å². The monoisotopic (exact) mass is 288 g/mol.